The van der Waals surface area contributed by atoms with Crippen LogP contribution in [0.3, 0.4) is 0 Å². The molecule has 0 radical (unpaired) electrons. The average Bonchev–Trinajstić information content (AvgIpc) is 3.40. The highest BCUT2D eigenvalue weighted by Gasteiger charge is 2.57. The first-order chi connectivity index (χ1) is 17.6. The van der Waals surface area contributed by atoms with Crippen LogP contribution < -0.4 is 5.48 Å². The lowest BCUT2D eigenvalue weighted by atomic mass is 9.92. The fraction of sp³-hybridized carbons (Fsp3) is 0.318. The Morgan fingerprint density at radius 3 is 2.54 bits per heavy atom. The lowest BCUT2D eigenvalue weighted by Gasteiger charge is -2.30. The number of ether oxygens (including phenoxy) is 2. The third kappa shape index (κ3) is 4.44. The smallest absolute Gasteiger partial charge is 0.348 e. The molecule has 0 aliphatic carbocycles. The Kier molecular flexibility index (Phi) is 7.02. The molecule has 3 heterocycles. The van der Waals surface area contributed by atoms with E-state index in [2.05, 4.69) is 15.0 Å². The van der Waals surface area contributed by atoms with Crippen LogP contribution >= 0.6 is 11.6 Å². The number of carbonyl (C=O) groups is 2. The van der Waals surface area contributed by atoms with Gasteiger partial charge in [-0.2, -0.15) is 9.97 Å². The summed E-state index contributed by atoms with van der Waals surface area (Å²) in [5.41, 5.74) is -3.01. The van der Waals surface area contributed by atoms with E-state index in [4.69, 9.17) is 27.5 Å². The number of hydrogen-bond donors (Lipinski definition) is 6. The molecule has 0 saturated carbocycles. The highest BCUT2D eigenvalue weighted by atomic mass is 35.5. The molecule has 0 unspecified atom stereocenters. The lowest BCUT2D eigenvalue weighted by molar-refractivity contribution is -0.191. The number of aliphatic hydroxyl groups is 2. The molecule has 1 fully saturated rings. The van der Waals surface area contributed by atoms with Crippen molar-refractivity contribution in [3.05, 3.63) is 47.5 Å². The topological polar surface area (TPSA) is 209 Å². The third-order valence-electron chi connectivity index (χ3n) is 5.99. The number of carboxylic acid groups (broad SMARTS) is 2. The number of terminal acetylenes is 1. The van der Waals surface area contributed by atoms with Crippen LogP contribution in [0.25, 0.3) is 11.2 Å². The van der Waals surface area contributed by atoms with Gasteiger partial charge >= 0.3 is 11.9 Å². The minimum Gasteiger partial charge on any atom is -0.479 e. The zero-order valence-corrected chi connectivity index (χ0v) is 19.5. The van der Waals surface area contributed by atoms with Gasteiger partial charge in [0.15, 0.2) is 28.8 Å². The molecule has 1 aromatic carbocycles. The molecular formula is C22H20ClN5O9. The minimum absolute atomic E-state index is 0.0176. The fourth-order valence-electron chi connectivity index (χ4n) is 3.99. The Labute approximate surface area is 213 Å². The number of carboxylic acids is 2. The van der Waals surface area contributed by atoms with E-state index in [9.17, 15) is 35.2 Å². The van der Waals surface area contributed by atoms with E-state index >= 15 is 0 Å². The minimum atomic E-state index is -2.76. The van der Waals surface area contributed by atoms with Gasteiger partial charge in [-0.25, -0.2) is 14.6 Å². The molecule has 0 amide bonds. The summed E-state index contributed by atoms with van der Waals surface area (Å²) in [5.74, 6) is -1.72. The number of aromatic nitrogens is 4. The summed E-state index contributed by atoms with van der Waals surface area (Å²) in [6.07, 6.45) is 1.22. The zero-order chi connectivity index (χ0) is 27.0. The predicted molar refractivity (Wildman–Crippen MR) is 124 cm³/mol. The Hall–Kier alpha value is -3.84. The number of rotatable bonds is 9. The van der Waals surface area contributed by atoms with Gasteiger partial charge in [0, 0.05) is 6.42 Å². The van der Waals surface area contributed by atoms with Crippen molar-refractivity contribution in [3.63, 3.8) is 0 Å². The van der Waals surface area contributed by atoms with Gasteiger partial charge in [0.2, 0.25) is 5.28 Å². The number of nitrogens with one attached hydrogen (secondary N) is 1. The van der Waals surface area contributed by atoms with Crippen molar-refractivity contribution in [2.45, 2.75) is 36.1 Å². The van der Waals surface area contributed by atoms with Crippen molar-refractivity contribution >= 4 is 40.5 Å². The molecule has 2 aromatic heterocycles. The molecule has 194 valence electrons. The summed E-state index contributed by atoms with van der Waals surface area (Å²) < 4.78 is 12.3. The van der Waals surface area contributed by atoms with Gasteiger partial charge in [-0.05, 0) is 17.2 Å². The highest BCUT2D eigenvalue weighted by molar-refractivity contribution is 6.28. The third-order valence-corrected chi connectivity index (χ3v) is 6.16. The molecule has 15 heteroatoms. The zero-order valence-electron chi connectivity index (χ0n) is 18.7. The summed E-state index contributed by atoms with van der Waals surface area (Å²) in [4.78, 5) is 36.0. The number of anilines is 1. The second kappa shape index (κ2) is 9.90. The molecule has 0 bridgehead atoms. The maximum Gasteiger partial charge on any atom is 0.348 e. The van der Waals surface area contributed by atoms with Gasteiger partial charge in [0.25, 0.3) is 5.60 Å². The van der Waals surface area contributed by atoms with Gasteiger partial charge in [-0.3, -0.25) is 15.3 Å². The normalized spacial score (nSPS) is 23.6. The SMILES string of the molecule is C#C[C@@]1(O)[C@@H](COC(Cc2ccccc2)(C(=O)O)C(=O)O)O[C@@H](n2cnc3c(NO)nc(Cl)nc32)[C@@H]1O. The van der Waals surface area contributed by atoms with E-state index in [1.54, 1.807) is 18.2 Å². The fourth-order valence-corrected chi connectivity index (χ4v) is 4.15. The van der Waals surface area contributed by atoms with Crippen LogP contribution in [0, 0.1) is 12.3 Å². The monoisotopic (exact) mass is 533 g/mol. The molecule has 1 aliphatic rings. The van der Waals surface area contributed by atoms with Crippen molar-refractivity contribution < 1.29 is 44.7 Å². The molecule has 1 saturated heterocycles. The summed E-state index contributed by atoms with van der Waals surface area (Å²) >= 11 is 5.88. The van der Waals surface area contributed by atoms with Gasteiger partial charge in [0.1, 0.15) is 12.2 Å². The predicted octanol–water partition coefficient (Wildman–Crippen LogP) is 0.0707. The van der Waals surface area contributed by atoms with Gasteiger partial charge in [0.05, 0.1) is 12.9 Å². The van der Waals surface area contributed by atoms with Gasteiger partial charge in [-0.1, -0.05) is 36.3 Å². The Bertz CT molecular complexity index is 1360. The Morgan fingerprint density at radius 1 is 1.27 bits per heavy atom. The van der Waals surface area contributed by atoms with Crippen molar-refractivity contribution in [2.24, 2.45) is 0 Å². The molecule has 1 aliphatic heterocycles. The number of fused-ring (bicyclic) bond motifs is 1. The number of hydrogen-bond acceptors (Lipinski definition) is 11. The second-order valence-corrected chi connectivity index (χ2v) is 8.46. The van der Waals surface area contributed by atoms with E-state index in [-0.39, 0.29) is 22.3 Å². The van der Waals surface area contributed by atoms with Gasteiger partial charge < -0.3 is 29.9 Å². The van der Waals surface area contributed by atoms with E-state index in [0.717, 1.165) is 10.9 Å². The van der Waals surface area contributed by atoms with Crippen LogP contribution in [-0.4, -0.2) is 87.1 Å². The first kappa shape index (κ1) is 26.2. The average molecular weight is 534 g/mol. The van der Waals surface area contributed by atoms with Crippen molar-refractivity contribution in [1.29, 1.82) is 0 Å². The maximum atomic E-state index is 12.1. The molecule has 14 nitrogen and oxygen atoms in total. The number of imidazole rings is 1. The molecule has 3 aromatic rings. The quantitative estimate of drug-likeness (QED) is 0.0931. The lowest BCUT2D eigenvalue weighted by Crippen LogP contribution is -2.55. The van der Waals surface area contributed by atoms with Crippen molar-refractivity contribution in [3.8, 4) is 12.3 Å². The van der Waals surface area contributed by atoms with Crippen LogP contribution in [0.4, 0.5) is 5.82 Å². The maximum absolute atomic E-state index is 12.1. The molecule has 37 heavy (non-hydrogen) atoms. The van der Waals surface area contributed by atoms with Crippen LogP contribution in [0.15, 0.2) is 36.7 Å². The van der Waals surface area contributed by atoms with E-state index in [0.29, 0.717) is 5.56 Å². The number of aliphatic carboxylic acids is 2. The highest BCUT2D eigenvalue weighted by Crippen LogP contribution is 2.39. The number of halogens is 1. The van der Waals surface area contributed by atoms with Crippen LogP contribution in [0.5, 0.6) is 0 Å². The number of nitrogens with zero attached hydrogens (tertiary/aromatic N) is 4. The molecular weight excluding hydrogens is 514 g/mol. The van der Waals surface area contributed by atoms with Crippen LogP contribution in [-0.2, 0) is 25.5 Å². The Balaban J connectivity index is 1.66. The number of aliphatic hydroxyl groups excluding tert-OH is 1. The van der Waals surface area contributed by atoms with E-state index in [1.165, 1.54) is 12.1 Å². The van der Waals surface area contributed by atoms with Crippen molar-refractivity contribution in [1.82, 2.24) is 19.5 Å². The van der Waals surface area contributed by atoms with Crippen molar-refractivity contribution in [2.75, 3.05) is 12.1 Å². The standard InChI is InChI=1S/C22H20ClN5O9/c1-2-21(34)12(9-36-22(18(30)31,19(32)33)8-11-6-4-3-5-7-11)37-17(14(21)29)28-10-24-13-15(27-35)25-20(23)26-16(13)28/h1,3-7,10,12,14,17,29,34-35H,8-9H2,(H,30,31)(H,32,33)(H,25,26,27)/t12-,14+,17-,21-/m1/s1. The Morgan fingerprint density at radius 2 is 1.95 bits per heavy atom. The first-order valence-corrected chi connectivity index (χ1v) is 10.9. The molecule has 6 N–H and O–H groups in total. The first-order valence-electron chi connectivity index (χ1n) is 10.6. The second-order valence-electron chi connectivity index (χ2n) is 8.12. The molecule has 4 atom stereocenters. The largest absolute Gasteiger partial charge is 0.479 e. The van der Waals surface area contributed by atoms with Crippen LogP contribution in [0.1, 0.15) is 11.8 Å². The van der Waals surface area contributed by atoms with Crippen LogP contribution in [0.2, 0.25) is 5.28 Å². The molecule has 0 spiro atoms. The van der Waals surface area contributed by atoms with E-state index < -0.39 is 54.6 Å². The summed E-state index contributed by atoms with van der Waals surface area (Å²) in [7, 11) is 0. The summed E-state index contributed by atoms with van der Waals surface area (Å²) in [5, 5.41) is 50.5. The number of benzene rings is 1. The molecule has 4 rings (SSSR count). The van der Waals surface area contributed by atoms with E-state index in [1.807, 2.05) is 11.4 Å². The van der Waals surface area contributed by atoms with Gasteiger partial charge in [-0.15, -0.1) is 6.42 Å². The summed E-state index contributed by atoms with van der Waals surface area (Å²) in [6, 6.07) is 7.93. The summed E-state index contributed by atoms with van der Waals surface area (Å²) in [6.45, 7) is -0.828.